The highest BCUT2D eigenvalue weighted by Crippen LogP contribution is 2.65. The van der Waals surface area contributed by atoms with Crippen LogP contribution < -0.4 is 16.0 Å². The van der Waals surface area contributed by atoms with Crippen LogP contribution in [0.5, 0.6) is 0 Å². The highest BCUT2D eigenvalue weighted by molar-refractivity contribution is 5.94. The zero-order valence-electron chi connectivity index (χ0n) is 20.2. The lowest BCUT2D eigenvalue weighted by atomic mass is 9.95. The molecule has 5 unspecified atom stereocenters. The van der Waals surface area contributed by atoms with Crippen LogP contribution in [-0.2, 0) is 19.2 Å². The van der Waals surface area contributed by atoms with Gasteiger partial charge in [-0.25, -0.2) is 13.2 Å². The van der Waals surface area contributed by atoms with E-state index in [0.29, 0.717) is 6.42 Å². The number of piperidine rings is 1. The van der Waals surface area contributed by atoms with Crippen molar-refractivity contribution in [3.05, 3.63) is 0 Å². The van der Waals surface area contributed by atoms with Gasteiger partial charge in [-0.05, 0) is 42.9 Å². The number of nitriles is 1. The van der Waals surface area contributed by atoms with Gasteiger partial charge in [0.1, 0.15) is 24.2 Å². The van der Waals surface area contributed by atoms with Crippen molar-refractivity contribution in [3.8, 4) is 6.07 Å². The minimum absolute atomic E-state index is 0.0359. The number of hydrogen-bond acceptors (Lipinski definition) is 5. The molecule has 3 saturated carbocycles. The molecule has 2 saturated heterocycles. The van der Waals surface area contributed by atoms with Crippen molar-refractivity contribution in [2.24, 2.45) is 28.6 Å². The molecule has 3 aliphatic carbocycles. The van der Waals surface area contributed by atoms with Gasteiger partial charge in [-0.15, -0.1) is 0 Å². The quantitative estimate of drug-likeness (QED) is 0.442. The molecule has 5 fully saturated rings. The molecule has 0 aromatic carbocycles. The van der Waals surface area contributed by atoms with Gasteiger partial charge in [0.15, 0.2) is 0 Å². The zero-order valence-corrected chi connectivity index (χ0v) is 20.2. The summed E-state index contributed by atoms with van der Waals surface area (Å²) in [5, 5.41) is 17.4. The lowest BCUT2D eigenvalue weighted by Crippen LogP contribution is -2.54. The minimum atomic E-state index is -3.45. The van der Waals surface area contributed by atoms with Gasteiger partial charge in [-0.3, -0.25) is 19.2 Å². The summed E-state index contributed by atoms with van der Waals surface area (Å²) < 4.78 is 40.2. The molecule has 0 aromatic rings. The topological polar surface area (TPSA) is 131 Å². The Bertz CT molecular complexity index is 1070. The second-order valence-corrected chi connectivity index (χ2v) is 11.8. The first-order valence-electron chi connectivity index (χ1n) is 12.3. The Kier molecular flexibility index (Phi) is 5.40. The Morgan fingerprint density at radius 1 is 1.28 bits per heavy atom. The van der Waals surface area contributed by atoms with Gasteiger partial charge in [0.2, 0.25) is 23.6 Å². The number of alkyl halides is 3. The van der Waals surface area contributed by atoms with Crippen molar-refractivity contribution in [3.63, 3.8) is 0 Å². The molecule has 0 bridgehead atoms. The first kappa shape index (κ1) is 24.8. The Morgan fingerprint density at radius 2 is 1.94 bits per heavy atom. The van der Waals surface area contributed by atoms with E-state index in [-0.39, 0.29) is 47.6 Å². The maximum absolute atomic E-state index is 13.5. The van der Waals surface area contributed by atoms with Gasteiger partial charge in [-0.1, -0.05) is 13.8 Å². The molecule has 0 radical (unpaired) electrons. The third kappa shape index (κ3) is 3.73. The van der Waals surface area contributed by atoms with E-state index in [2.05, 4.69) is 16.0 Å². The van der Waals surface area contributed by atoms with Crippen LogP contribution in [0, 0.1) is 39.9 Å². The van der Waals surface area contributed by atoms with Gasteiger partial charge in [0, 0.05) is 24.4 Å². The van der Waals surface area contributed by atoms with E-state index in [1.54, 1.807) is 0 Å². The molecule has 1 spiro atoms. The van der Waals surface area contributed by atoms with Crippen molar-refractivity contribution in [2.75, 3.05) is 19.8 Å². The number of rotatable bonds is 8. The fourth-order valence-electron chi connectivity index (χ4n) is 6.39. The first-order valence-corrected chi connectivity index (χ1v) is 12.3. The van der Waals surface area contributed by atoms with Crippen LogP contribution in [0.4, 0.5) is 13.2 Å². The summed E-state index contributed by atoms with van der Waals surface area (Å²) in [5.41, 5.74) is -2.78. The average molecular weight is 510 g/mol. The molecule has 9 nitrogen and oxygen atoms in total. The average Bonchev–Trinajstić information content (AvgIpc) is 3.68. The van der Waals surface area contributed by atoms with Crippen molar-refractivity contribution < 1.29 is 32.3 Å². The summed E-state index contributed by atoms with van der Waals surface area (Å²) in [6, 6.07) is 0.235. The third-order valence-electron chi connectivity index (χ3n) is 9.20. The van der Waals surface area contributed by atoms with Gasteiger partial charge >= 0.3 is 0 Å². The number of nitrogens with zero attached hydrogens (tertiary/aromatic N) is 2. The zero-order chi connectivity index (χ0) is 26.3. The summed E-state index contributed by atoms with van der Waals surface area (Å²) in [4.78, 5) is 52.0. The van der Waals surface area contributed by atoms with Crippen LogP contribution in [0.25, 0.3) is 0 Å². The van der Waals surface area contributed by atoms with Gasteiger partial charge in [0.25, 0.3) is 5.92 Å². The molecule has 6 atom stereocenters. The van der Waals surface area contributed by atoms with E-state index in [0.717, 1.165) is 12.8 Å². The largest absolute Gasteiger partial charge is 0.350 e. The molecular formula is C24H30F3N5O4. The van der Waals surface area contributed by atoms with Crippen LogP contribution in [0.1, 0.15) is 46.0 Å². The monoisotopic (exact) mass is 509 g/mol. The molecule has 0 aromatic heterocycles. The number of likely N-dealkylation sites (tertiary alicyclic amines) is 1. The predicted molar refractivity (Wildman–Crippen MR) is 118 cm³/mol. The number of fused-ring (bicyclic) bond motifs is 1. The summed E-state index contributed by atoms with van der Waals surface area (Å²) in [5.74, 6) is -6.44. The Hall–Kier alpha value is -2.84. The van der Waals surface area contributed by atoms with E-state index in [4.69, 9.17) is 0 Å². The molecule has 2 aliphatic heterocycles. The molecular weight excluding hydrogens is 479 g/mol. The van der Waals surface area contributed by atoms with E-state index in [9.17, 15) is 37.6 Å². The lowest BCUT2D eigenvalue weighted by molar-refractivity contribution is -0.141. The second-order valence-electron chi connectivity index (χ2n) is 11.8. The number of nitrogens with one attached hydrogen (secondary N) is 3. The normalized spacial score (nSPS) is 36.3. The molecule has 5 aliphatic rings. The molecule has 36 heavy (non-hydrogen) atoms. The van der Waals surface area contributed by atoms with Crippen LogP contribution in [0.15, 0.2) is 0 Å². The van der Waals surface area contributed by atoms with Crippen molar-refractivity contribution in [2.45, 2.75) is 69.5 Å². The molecule has 3 N–H and O–H groups in total. The highest BCUT2D eigenvalue weighted by Gasteiger charge is 2.76. The fourth-order valence-corrected chi connectivity index (χ4v) is 6.39. The predicted octanol–water partition coefficient (Wildman–Crippen LogP) is 0.648. The Morgan fingerprint density at radius 3 is 2.47 bits per heavy atom. The SMILES string of the molecule is CC1(C)C2CN(C(=O)CNC(=O)C3(CF)CC3(F)F)[C@H](C(=O)NC(C#N)CC3CC4(CC4)NC3=O)C21. The van der Waals surface area contributed by atoms with Crippen LogP contribution in [0.2, 0.25) is 0 Å². The van der Waals surface area contributed by atoms with E-state index in [1.807, 2.05) is 19.9 Å². The molecule has 5 rings (SSSR count). The standard InChI is InChI=1S/C24H30F3N5O4/c1-21(2)14-9-32(15(33)8-29-20(36)23(11-25)10-24(23,26)27)17(16(14)21)19(35)30-13(7-28)5-12-6-22(3-4-22)31-18(12)34/h12-14,16-17H,3-6,8-11H2,1-2H3,(H,29,36)(H,30,35)(H,31,34)/t12?,13?,14?,16?,17-,23?/m0/s1. The van der Waals surface area contributed by atoms with E-state index >= 15 is 0 Å². The Labute approximate surface area is 206 Å². The van der Waals surface area contributed by atoms with E-state index in [1.165, 1.54) is 4.90 Å². The molecule has 4 amide bonds. The van der Waals surface area contributed by atoms with Gasteiger partial charge in [-0.2, -0.15) is 5.26 Å². The molecule has 196 valence electrons. The maximum atomic E-state index is 13.5. The van der Waals surface area contributed by atoms with Crippen molar-refractivity contribution >= 4 is 23.6 Å². The molecule has 12 heteroatoms. The number of hydrogen-bond donors (Lipinski definition) is 3. The smallest absolute Gasteiger partial charge is 0.266 e. The summed E-state index contributed by atoms with van der Waals surface area (Å²) in [7, 11) is 0. The summed E-state index contributed by atoms with van der Waals surface area (Å²) in [6.45, 7) is 2.05. The van der Waals surface area contributed by atoms with Crippen molar-refractivity contribution in [1.29, 1.82) is 5.26 Å². The first-order chi connectivity index (χ1) is 16.8. The number of carbonyl (C=O) groups excluding carboxylic acids is 4. The number of halogens is 3. The van der Waals surface area contributed by atoms with Crippen LogP contribution >= 0.6 is 0 Å². The van der Waals surface area contributed by atoms with Crippen molar-refractivity contribution in [1.82, 2.24) is 20.9 Å². The fraction of sp³-hybridized carbons (Fsp3) is 0.792. The minimum Gasteiger partial charge on any atom is -0.350 e. The highest BCUT2D eigenvalue weighted by atomic mass is 19.3. The van der Waals surface area contributed by atoms with Crippen LogP contribution in [0.3, 0.4) is 0 Å². The van der Waals surface area contributed by atoms with E-state index < -0.39 is 60.8 Å². The summed E-state index contributed by atoms with van der Waals surface area (Å²) >= 11 is 0. The van der Waals surface area contributed by atoms with Gasteiger partial charge in [0.05, 0.1) is 12.6 Å². The third-order valence-corrected chi connectivity index (χ3v) is 9.20. The maximum Gasteiger partial charge on any atom is 0.266 e. The summed E-state index contributed by atoms with van der Waals surface area (Å²) in [6.07, 6.45) is 1.72. The lowest BCUT2D eigenvalue weighted by Gasteiger charge is -2.31. The second kappa shape index (κ2) is 7.83. The number of amides is 4. The Balaban J connectivity index is 1.22. The molecule has 2 heterocycles. The van der Waals surface area contributed by atoms with Gasteiger partial charge < -0.3 is 20.9 Å². The number of carbonyl (C=O) groups is 4. The van der Waals surface area contributed by atoms with Crippen LogP contribution in [-0.4, -0.2) is 71.8 Å².